The molecule has 4 rings (SSSR count). The zero-order valence-corrected chi connectivity index (χ0v) is 14.5. The van der Waals surface area contributed by atoms with E-state index in [0.717, 1.165) is 22.6 Å². The molecule has 0 saturated heterocycles. The Morgan fingerprint density at radius 1 is 0.731 bits per heavy atom. The van der Waals surface area contributed by atoms with Crippen molar-refractivity contribution in [3.05, 3.63) is 54.1 Å². The van der Waals surface area contributed by atoms with E-state index in [9.17, 15) is 4.79 Å². The van der Waals surface area contributed by atoms with Crippen LogP contribution in [0, 0.1) is 0 Å². The second-order valence-corrected chi connectivity index (χ2v) is 6.24. The van der Waals surface area contributed by atoms with Gasteiger partial charge in [0.25, 0.3) is 0 Å². The van der Waals surface area contributed by atoms with Gasteiger partial charge >= 0.3 is 0 Å². The second-order valence-electron chi connectivity index (χ2n) is 6.24. The molecule has 0 atom stereocenters. The maximum absolute atomic E-state index is 12.5. The van der Waals surface area contributed by atoms with Gasteiger partial charge in [-0.15, -0.1) is 0 Å². The van der Waals surface area contributed by atoms with Gasteiger partial charge in [0.05, 0.1) is 0 Å². The highest BCUT2D eigenvalue weighted by Gasteiger charge is 2.16. The number of Topliss-reactive ketones (excluding diaryl/α,β-unsaturated/α-hetero) is 1. The summed E-state index contributed by atoms with van der Waals surface area (Å²) in [6, 6.07) is 11.1. The average Bonchev–Trinajstić information content (AvgIpc) is 2.71. The quantitative estimate of drug-likeness (QED) is 0.764. The summed E-state index contributed by atoms with van der Waals surface area (Å²) in [5.41, 5.74) is 2.49. The third-order valence-corrected chi connectivity index (χ3v) is 4.47. The molecular formula is C21H20O5. The van der Waals surface area contributed by atoms with Crippen molar-refractivity contribution in [2.75, 3.05) is 26.4 Å². The summed E-state index contributed by atoms with van der Waals surface area (Å²) in [6.45, 7) is 6.27. The molecule has 0 aliphatic carbocycles. The van der Waals surface area contributed by atoms with Crippen molar-refractivity contribution in [2.45, 2.75) is 12.8 Å². The zero-order chi connectivity index (χ0) is 17.9. The van der Waals surface area contributed by atoms with Crippen molar-refractivity contribution in [2.24, 2.45) is 0 Å². The van der Waals surface area contributed by atoms with E-state index in [2.05, 4.69) is 6.58 Å². The summed E-state index contributed by atoms with van der Waals surface area (Å²) in [5, 5.41) is 0. The van der Waals surface area contributed by atoms with E-state index in [1.54, 1.807) is 18.2 Å². The summed E-state index contributed by atoms with van der Waals surface area (Å²) in [4.78, 5) is 12.5. The van der Waals surface area contributed by atoms with Crippen LogP contribution in [0.5, 0.6) is 23.0 Å². The summed E-state index contributed by atoms with van der Waals surface area (Å²) in [7, 11) is 0. The Bertz CT molecular complexity index is 784. The molecule has 0 aromatic heterocycles. The SMILES string of the molecule is C=C(CCC(=O)c1ccc2c(c1)OCCO2)c1ccc2c(c1)OCCO2. The minimum absolute atomic E-state index is 0.0562. The normalized spacial score (nSPS) is 14.6. The van der Waals surface area contributed by atoms with Gasteiger partial charge in [0.2, 0.25) is 0 Å². The molecule has 0 unspecified atom stereocenters. The van der Waals surface area contributed by atoms with Gasteiger partial charge in [0.1, 0.15) is 26.4 Å². The van der Waals surface area contributed by atoms with Crippen molar-refractivity contribution in [1.29, 1.82) is 0 Å². The highest BCUT2D eigenvalue weighted by molar-refractivity contribution is 5.97. The predicted octanol–water partition coefficient (Wildman–Crippen LogP) is 3.91. The summed E-state index contributed by atoms with van der Waals surface area (Å²) < 4.78 is 22.2. The first-order valence-corrected chi connectivity index (χ1v) is 8.71. The Morgan fingerprint density at radius 3 is 1.85 bits per heavy atom. The Kier molecular flexibility index (Phi) is 4.52. The van der Waals surface area contributed by atoms with Gasteiger partial charge in [0, 0.05) is 12.0 Å². The van der Waals surface area contributed by atoms with Gasteiger partial charge in [-0.3, -0.25) is 4.79 Å². The molecule has 2 aromatic rings. The molecule has 0 bridgehead atoms. The van der Waals surface area contributed by atoms with Crippen molar-refractivity contribution >= 4 is 11.4 Å². The fourth-order valence-electron chi connectivity index (χ4n) is 3.03. The van der Waals surface area contributed by atoms with E-state index in [-0.39, 0.29) is 5.78 Å². The molecule has 0 radical (unpaired) electrons. The van der Waals surface area contributed by atoms with Gasteiger partial charge in [-0.2, -0.15) is 0 Å². The Balaban J connectivity index is 1.40. The van der Waals surface area contributed by atoms with Crippen molar-refractivity contribution in [3.63, 3.8) is 0 Å². The Labute approximate surface area is 152 Å². The van der Waals surface area contributed by atoms with Crippen LogP contribution in [0.15, 0.2) is 43.0 Å². The molecule has 2 aliphatic heterocycles. The number of rotatable bonds is 5. The zero-order valence-electron chi connectivity index (χ0n) is 14.5. The van der Waals surface area contributed by atoms with Crippen LogP contribution in [-0.2, 0) is 0 Å². The number of hydrogen-bond acceptors (Lipinski definition) is 5. The maximum Gasteiger partial charge on any atom is 0.163 e. The number of benzene rings is 2. The van der Waals surface area contributed by atoms with Crippen LogP contribution < -0.4 is 18.9 Å². The van der Waals surface area contributed by atoms with Crippen LogP contribution in [0.4, 0.5) is 0 Å². The molecule has 134 valence electrons. The number of carbonyl (C=O) groups is 1. The maximum atomic E-state index is 12.5. The summed E-state index contributed by atoms with van der Waals surface area (Å²) in [6.07, 6.45) is 0.958. The molecule has 0 fully saturated rings. The van der Waals surface area contributed by atoms with Gasteiger partial charge in [-0.1, -0.05) is 12.6 Å². The van der Waals surface area contributed by atoms with E-state index in [1.165, 1.54) is 0 Å². The molecule has 2 heterocycles. The minimum atomic E-state index is 0.0562. The van der Waals surface area contributed by atoms with Crippen LogP contribution in [-0.4, -0.2) is 32.2 Å². The van der Waals surface area contributed by atoms with Gasteiger partial charge < -0.3 is 18.9 Å². The topological polar surface area (TPSA) is 54.0 Å². The van der Waals surface area contributed by atoms with Crippen molar-refractivity contribution < 1.29 is 23.7 Å². The van der Waals surface area contributed by atoms with Gasteiger partial charge in [-0.05, 0) is 47.9 Å². The fourth-order valence-corrected chi connectivity index (χ4v) is 3.03. The lowest BCUT2D eigenvalue weighted by Gasteiger charge is -2.19. The lowest BCUT2D eigenvalue weighted by atomic mass is 9.98. The predicted molar refractivity (Wildman–Crippen MR) is 97.5 cm³/mol. The number of ketones is 1. The van der Waals surface area contributed by atoms with Crippen molar-refractivity contribution in [3.8, 4) is 23.0 Å². The standard InChI is InChI=1S/C21H20O5/c1-14(15-3-6-18-20(12-15)25-10-8-23-18)2-5-17(22)16-4-7-19-21(13-16)26-11-9-24-19/h3-4,6-7,12-13H,1-2,5,8-11H2. The number of ether oxygens (including phenoxy) is 4. The van der Waals surface area contributed by atoms with E-state index in [0.29, 0.717) is 56.3 Å². The highest BCUT2D eigenvalue weighted by atomic mass is 16.6. The average molecular weight is 352 g/mol. The van der Waals surface area contributed by atoms with Crippen LogP contribution in [0.2, 0.25) is 0 Å². The number of allylic oxidation sites excluding steroid dienone is 1. The monoisotopic (exact) mass is 352 g/mol. The molecule has 2 aliphatic rings. The van der Waals surface area contributed by atoms with Crippen molar-refractivity contribution in [1.82, 2.24) is 0 Å². The smallest absolute Gasteiger partial charge is 0.163 e. The minimum Gasteiger partial charge on any atom is -0.486 e. The first-order valence-electron chi connectivity index (χ1n) is 8.71. The van der Waals surface area contributed by atoms with Crippen LogP contribution >= 0.6 is 0 Å². The summed E-state index contributed by atoms with van der Waals surface area (Å²) >= 11 is 0. The van der Waals surface area contributed by atoms with E-state index < -0.39 is 0 Å². The van der Waals surface area contributed by atoms with Gasteiger partial charge in [0.15, 0.2) is 28.8 Å². The lowest BCUT2D eigenvalue weighted by Crippen LogP contribution is -2.15. The number of carbonyl (C=O) groups excluding carboxylic acids is 1. The second kappa shape index (κ2) is 7.12. The van der Waals surface area contributed by atoms with E-state index >= 15 is 0 Å². The highest BCUT2D eigenvalue weighted by Crippen LogP contribution is 2.34. The molecule has 0 saturated carbocycles. The molecule has 5 heteroatoms. The first kappa shape index (κ1) is 16.5. The molecule has 2 aromatic carbocycles. The first-order chi connectivity index (χ1) is 12.7. The number of hydrogen-bond donors (Lipinski definition) is 0. The van der Waals surface area contributed by atoms with E-state index in [4.69, 9.17) is 18.9 Å². The fraction of sp³-hybridized carbons (Fsp3) is 0.286. The molecule has 0 spiro atoms. The molecule has 5 nitrogen and oxygen atoms in total. The lowest BCUT2D eigenvalue weighted by molar-refractivity contribution is 0.0983. The Morgan fingerprint density at radius 2 is 1.23 bits per heavy atom. The molecular weight excluding hydrogens is 332 g/mol. The molecule has 26 heavy (non-hydrogen) atoms. The third kappa shape index (κ3) is 3.38. The number of fused-ring (bicyclic) bond motifs is 2. The van der Waals surface area contributed by atoms with Crippen LogP contribution in [0.3, 0.4) is 0 Å². The van der Waals surface area contributed by atoms with Gasteiger partial charge in [-0.25, -0.2) is 0 Å². The molecule has 0 amide bonds. The van der Waals surface area contributed by atoms with Crippen LogP contribution in [0.1, 0.15) is 28.8 Å². The summed E-state index contributed by atoms with van der Waals surface area (Å²) in [5.74, 6) is 2.86. The van der Waals surface area contributed by atoms with Crippen LogP contribution in [0.25, 0.3) is 5.57 Å². The third-order valence-electron chi connectivity index (χ3n) is 4.47. The Hall–Kier alpha value is -2.95. The largest absolute Gasteiger partial charge is 0.486 e. The molecule has 0 N–H and O–H groups in total. The van der Waals surface area contributed by atoms with E-state index in [1.807, 2.05) is 18.2 Å².